The van der Waals surface area contributed by atoms with Crippen LogP contribution in [-0.2, 0) is 6.42 Å². The Balaban J connectivity index is 1.73. The van der Waals surface area contributed by atoms with Crippen molar-refractivity contribution in [2.24, 2.45) is 4.99 Å². The highest BCUT2D eigenvalue weighted by Gasteiger charge is 2.28. The van der Waals surface area contributed by atoms with E-state index in [-0.39, 0.29) is 18.0 Å². The summed E-state index contributed by atoms with van der Waals surface area (Å²) in [5.74, 6) is 0.706. The molecular formula is C26H27BrN2O2. The molecule has 0 saturated carbocycles. The highest BCUT2D eigenvalue weighted by atomic mass is 79.9. The van der Waals surface area contributed by atoms with Crippen molar-refractivity contribution >= 4 is 21.6 Å². The molecule has 3 aromatic carbocycles. The maximum atomic E-state index is 10.9. The van der Waals surface area contributed by atoms with Gasteiger partial charge in [0.05, 0.1) is 6.61 Å². The summed E-state index contributed by atoms with van der Waals surface area (Å²) in [5, 5.41) is 14.5. The number of nitrogens with zero attached hydrogens (tertiary/aromatic N) is 1. The van der Waals surface area contributed by atoms with Crippen LogP contribution in [0.2, 0.25) is 0 Å². The quantitative estimate of drug-likeness (QED) is 0.434. The second-order valence-electron chi connectivity index (χ2n) is 7.63. The van der Waals surface area contributed by atoms with Gasteiger partial charge < -0.3 is 9.84 Å². The number of para-hydroxylation sites is 1. The van der Waals surface area contributed by atoms with Gasteiger partial charge in [0.15, 0.2) is 11.5 Å². The summed E-state index contributed by atoms with van der Waals surface area (Å²) in [4.78, 5) is 5.05. The van der Waals surface area contributed by atoms with E-state index < -0.39 is 0 Å². The zero-order valence-electron chi connectivity index (χ0n) is 17.8. The molecule has 0 spiro atoms. The number of aromatic hydroxyl groups is 1. The summed E-state index contributed by atoms with van der Waals surface area (Å²) in [7, 11) is 0. The molecule has 2 atom stereocenters. The van der Waals surface area contributed by atoms with E-state index in [1.165, 1.54) is 5.56 Å². The smallest absolute Gasteiger partial charge is 0.162 e. The van der Waals surface area contributed by atoms with Crippen LogP contribution < -0.4 is 10.1 Å². The van der Waals surface area contributed by atoms with Crippen molar-refractivity contribution < 1.29 is 9.84 Å². The minimum atomic E-state index is -0.206. The molecule has 1 aliphatic heterocycles. The fourth-order valence-electron chi connectivity index (χ4n) is 3.92. The maximum Gasteiger partial charge on any atom is 0.162 e. The molecule has 0 fully saturated rings. The summed E-state index contributed by atoms with van der Waals surface area (Å²) in [6.07, 6.45) is 1.49. The molecule has 0 aliphatic carbocycles. The fourth-order valence-corrected chi connectivity index (χ4v) is 4.19. The molecule has 0 radical (unpaired) electrons. The highest BCUT2D eigenvalue weighted by molar-refractivity contribution is 9.10. The Morgan fingerprint density at radius 2 is 1.77 bits per heavy atom. The number of aliphatic imine (C=N–C) groups is 1. The lowest BCUT2D eigenvalue weighted by Crippen LogP contribution is -2.33. The van der Waals surface area contributed by atoms with Crippen LogP contribution >= 0.6 is 15.9 Å². The van der Waals surface area contributed by atoms with Gasteiger partial charge in [-0.25, -0.2) is 0 Å². The average Bonchev–Trinajstić information content (AvgIpc) is 2.81. The lowest BCUT2D eigenvalue weighted by molar-refractivity contribution is 0.313. The summed E-state index contributed by atoms with van der Waals surface area (Å²) in [6.45, 7) is 4.58. The maximum absolute atomic E-state index is 10.9. The van der Waals surface area contributed by atoms with Crippen molar-refractivity contribution in [3.05, 3.63) is 93.5 Å². The third-order valence-corrected chi connectivity index (χ3v) is 6.16. The predicted molar refractivity (Wildman–Crippen MR) is 129 cm³/mol. The van der Waals surface area contributed by atoms with Gasteiger partial charge in [-0.15, -0.1) is 0 Å². The van der Waals surface area contributed by atoms with Crippen LogP contribution in [0.15, 0.2) is 76.2 Å². The van der Waals surface area contributed by atoms with Gasteiger partial charge in [-0.05, 0) is 48.2 Å². The van der Waals surface area contributed by atoms with Gasteiger partial charge in [0, 0.05) is 28.2 Å². The first-order chi connectivity index (χ1) is 15.1. The molecule has 0 unspecified atom stereocenters. The molecule has 2 N–H and O–H groups in total. The molecular weight excluding hydrogens is 452 g/mol. The van der Waals surface area contributed by atoms with Gasteiger partial charge >= 0.3 is 0 Å². The molecule has 31 heavy (non-hydrogen) atoms. The molecule has 160 valence electrons. The second kappa shape index (κ2) is 9.67. The molecule has 0 saturated heterocycles. The summed E-state index contributed by atoms with van der Waals surface area (Å²) in [6, 6.07) is 22.4. The molecule has 4 nitrogen and oxygen atoms in total. The molecule has 5 heteroatoms. The monoisotopic (exact) mass is 478 g/mol. The van der Waals surface area contributed by atoms with E-state index in [0.717, 1.165) is 33.3 Å². The largest absolute Gasteiger partial charge is 0.504 e. The summed E-state index contributed by atoms with van der Waals surface area (Å²) < 4.78 is 6.65. The van der Waals surface area contributed by atoms with E-state index in [1.807, 2.05) is 31.2 Å². The zero-order valence-corrected chi connectivity index (χ0v) is 19.4. The fraction of sp³-hybridized carbons (Fsp3) is 0.269. The van der Waals surface area contributed by atoms with Crippen molar-refractivity contribution in [3.8, 4) is 11.5 Å². The molecule has 0 bridgehead atoms. The van der Waals surface area contributed by atoms with Gasteiger partial charge in [-0.2, -0.15) is 0 Å². The second-order valence-corrected chi connectivity index (χ2v) is 8.55. The van der Waals surface area contributed by atoms with Crippen molar-refractivity contribution in [3.63, 3.8) is 0 Å². The highest BCUT2D eigenvalue weighted by Crippen LogP contribution is 2.39. The van der Waals surface area contributed by atoms with Gasteiger partial charge in [-0.3, -0.25) is 10.3 Å². The Morgan fingerprint density at radius 3 is 2.45 bits per heavy atom. The Hall–Kier alpha value is -2.63. The van der Waals surface area contributed by atoms with E-state index in [4.69, 9.17) is 9.73 Å². The van der Waals surface area contributed by atoms with Crippen LogP contribution in [0.25, 0.3) is 0 Å². The third kappa shape index (κ3) is 4.83. The van der Waals surface area contributed by atoms with Crippen LogP contribution in [0.1, 0.15) is 54.7 Å². The van der Waals surface area contributed by atoms with Crippen LogP contribution in [0.4, 0.5) is 0 Å². The van der Waals surface area contributed by atoms with Crippen molar-refractivity contribution in [1.29, 1.82) is 0 Å². The van der Waals surface area contributed by atoms with Crippen LogP contribution in [0, 0.1) is 0 Å². The topological polar surface area (TPSA) is 53.8 Å². The Morgan fingerprint density at radius 1 is 1.03 bits per heavy atom. The minimum Gasteiger partial charge on any atom is -0.504 e. The molecule has 1 heterocycles. The summed E-state index contributed by atoms with van der Waals surface area (Å²) in [5.41, 5.74) is 5.36. The number of phenols is 1. The van der Waals surface area contributed by atoms with E-state index >= 15 is 0 Å². The normalized spacial score (nSPS) is 18.5. The number of phenolic OH excluding ortho intramolecular Hbond substituents is 1. The summed E-state index contributed by atoms with van der Waals surface area (Å²) >= 11 is 3.51. The number of halogens is 1. The van der Waals surface area contributed by atoms with Crippen molar-refractivity contribution in [2.45, 2.75) is 38.9 Å². The number of nitrogens with one attached hydrogen (secondary N) is 1. The van der Waals surface area contributed by atoms with Gasteiger partial charge in [-0.1, -0.05) is 71.4 Å². The van der Waals surface area contributed by atoms with Crippen molar-refractivity contribution in [1.82, 2.24) is 5.32 Å². The van der Waals surface area contributed by atoms with Crippen LogP contribution in [0.5, 0.6) is 11.5 Å². The molecule has 4 rings (SSSR count). The van der Waals surface area contributed by atoms with E-state index in [2.05, 4.69) is 64.6 Å². The first kappa shape index (κ1) is 21.6. The predicted octanol–water partition coefficient (Wildman–Crippen LogP) is 6.34. The number of benzene rings is 3. The first-order valence-corrected chi connectivity index (χ1v) is 11.5. The Kier molecular flexibility index (Phi) is 6.73. The van der Waals surface area contributed by atoms with E-state index in [9.17, 15) is 5.11 Å². The van der Waals surface area contributed by atoms with Crippen LogP contribution in [0.3, 0.4) is 0 Å². The van der Waals surface area contributed by atoms with Crippen LogP contribution in [-0.4, -0.2) is 17.4 Å². The molecule has 3 aromatic rings. The minimum absolute atomic E-state index is 0.0904. The van der Waals surface area contributed by atoms with Gasteiger partial charge in [0.2, 0.25) is 0 Å². The Labute approximate surface area is 192 Å². The standard InChI is InChI=1S/C26H27BrN2O2/c1-3-17-8-10-18(11-9-17)22-16-23(21-6-5-7-24(25(21)30)31-4-2)29-26(28-22)19-12-14-20(27)15-13-19/h5-15,23,26,29-30H,3-4,16H2,1-2H3/t23-,26-/m0/s1. The number of rotatable bonds is 6. The number of ether oxygens (including phenoxy) is 1. The van der Waals surface area contributed by atoms with E-state index in [0.29, 0.717) is 18.8 Å². The lowest BCUT2D eigenvalue weighted by atomic mass is 9.93. The van der Waals surface area contributed by atoms with Gasteiger partial charge in [0.25, 0.3) is 0 Å². The molecule has 1 aliphatic rings. The third-order valence-electron chi connectivity index (χ3n) is 5.63. The lowest BCUT2D eigenvalue weighted by Gasteiger charge is -2.31. The molecule has 0 amide bonds. The SMILES string of the molecule is CCOc1cccc([C@@H]2CC(c3ccc(CC)cc3)=N[C@H](c3ccc(Br)cc3)N2)c1O. The molecule has 0 aromatic heterocycles. The number of hydrogen-bond acceptors (Lipinski definition) is 4. The number of aryl methyl sites for hydroxylation is 1. The first-order valence-electron chi connectivity index (χ1n) is 10.7. The van der Waals surface area contributed by atoms with Crippen molar-refractivity contribution in [2.75, 3.05) is 6.61 Å². The van der Waals surface area contributed by atoms with E-state index in [1.54, 1.807) is 6.07 Å². The average molecular weight is 479 g/mol. The zero-order chi connectivity index (χ0) is 21.8. The Bertz CT molecular complexity index is 1060. The van der Waals surface area contributed by atoms with Gasteiger partial charge in [0.1, 0.15) is 6.17 Å². The number of hydrogen-bond donors (Lipinski definition) is 2.